The molecule has 2 fully saturated rings. The second-order valence-electron chi connectivity index (χ2n) is 5.44. The molecule has 15 heavy (non-hydrogen) atoms. The molecular weight excluding hydrogens is 186 g/mol. The highest BCUT2D eigenvalue weighted by Crippen LogP contribution is 2.43. The van der Waals surface area contributed by atoms with E-state index in [-0.39, 0.29) is 5.60 Å². The monoisotopic (exact) mass is 211 g/mol. The summed E-state index contributed by atoms with van der Waals surface area (Å²) in [4.78, 5) is 0. The fraction of sp³-hybridized carbons (Fsp3) is 1.00. The van der Waals surface area contributed by atoms with Crippen molar-refractivity contribution in [2.45, 2.75) is 57.5 Å². The Bertz CT molecular complexity index is 199. The van der Waals surface area contributed by atoms with Crippen LogP contribution in [-0.2, 0) is 4.74 Å². The molecule has 0 aromatic carbocycles. The zero-order valence-corrected chi connectivity index (χ0v) is 10.0. The van der Waals surface area contributed by atoms with E-state index in [0.29, 0.717) is 5.92 Å². The van der Waals surface area contributed by atoms with Crippen LogP contribution in [-0.4, -0.2) is 18.8 Å². The second kappa shape index (κ2) is 4.84. The van der Waals surface area contributed by atoms with Gasteiger partial charge in [-0.1, -0.05) is 25.7 Å². The fourth-order valence-corrected chi connectivity index (χ4v) is 3.48. The average molecular weight is 211 g/mol. The molecule has 88 valence electrons. The van der Waals surface area contributed by atoms with E-state index in [0.717, 1.165) is 19.1 Å². The molecule has 2 heteroatoms. The van der Waals surface area contributed by atoms with E-state index < -0.39 is 0 Å². The molecule has 2 atom stereocenters. The van der Waals surface area contributed by atoms with Gasteiger partial charge in [0.05, 0.1) is 5.60 Å². The van der Waals surface area contributed by atoms with Crippen molar-refractivity contribution in [3.63, 3.8) is 0 Å². The van der Waals surface area contributed by atoms with Crippen LogP contribution in [0.5, 0.6) is 0 Å². The summed E-state index contributed by atoms with van der Waals surface area (Å²) in [6, 6.07) is 0. The van der Waals surface area contributed by atoms with Crippen molar-refractivity contribution in [3.05, 3.63) is 0 Å². The molecule has 2 unspecified atom stereocenters. The molecule has 0 bridgehead atoms. The molecule has 2 nitrogen and oxygen atoms in total. The first kappa shape index (κ1) is 11.4. The Kier molecular flexibility index (Phi) is 3.68. The van der Waals surface area contributed by atoms with Crippen LogP contribution in [0, 0.1) is 11.8 Å². The van der Waals surface area contributed by atoms with E-state index in [9.17, 15) is 0 Å². The molecule has 0 aromatic heterocycles. The first-order chi connectivity index (χ1) is 7.27. The minimum absolute atomic E-state index is 0.0963. The summed E-state index contributed by atoms with van der Waals surface area (Å²) >= 11 is 0. The van der Waals surface area contributed by atoms with Gasteiger partial charge < -0.3 is 10.5 Å². The van der Waals surface area contributed by atoms with Gasteiger partial charge in [0.1, 0.15) is 0 Å². The Hall–Kier alpha value is -0.0800. The first-order valence-corrected chi connectivity index (χ1v) is 6.61. The summed E-state index contributed by atoms with van der Waals surface area (Å²) in [5.74, 6) is 1.36. The first-order valence-electron chi connectivity index (χ1n) is 6.61. The third kappa shape index (κ3) is 2.21. The molecule has 2 N–H and O–H groups in total. The van der Waals surface area contributed by atoms with Crippen LogP contribution in [0.2, 0.25) is 0 Å². The maximum Gasteiger partial charge on any atom is 0.0723 e. The van der Waals surface area contributed by atoms with Gasteiger partial charge in [-0.25, -0.2) is 0 Å². The van der Waals surface area contributed by atoms with Crippen LogP contribution >= 0.6 is 0 Å². The standard InChI is InChI=1S/C13H25NO/c1-13(12(10-14)8-9-15-13)11-6-4-2-3-5-7-11/h11-12H,2-10,14H2,1H3. The lowest BCUT2D eigenvalue weighted by Crippen LogP contribution is -2.43. The predicted molar refractivity (Wildman–Crippen MR) is 62.7 cm³/mol. The van der Waals surface area contributed by atoms with Gasteiger partial charge in [-0.3, -0.25) is 0 Å². The van der Waals surface area contributed by atoms with Gasteiger partial charge in [-0.05, 0) is 38.6 Å². The molecular formula is C13H25NO. The highest BCUT2D eigenvalue weighted by Gasteiger charge is 2.44. The van der Waals surface area contributed by atoms with Crippen LogP contribution in [0.25, 0.3) is 0 Å². The quantitative estimate of drug-likeness (QED) is 0.713. The number of rotatable bonds is 2. The van der Waals surface area contributed by atoms with Gasteiger partial charge >= 0.3 is 0 Å². The van der Waals surface area contributed by atoms with Crippen LogP contribution in [0.1, 0.15) is 51.9 Å². The van der Waals surface area contributed by atoms with Crippen molar-refractivity contribution >= 4 is 0 Å². The molecule has 0 aromatic rings. The van der Waals surface area contributed by atoms with Gasteiger partial charge in [0.25, 0.3) is 0 Å². The van der Waals surface area contributed by atoms with Crippen LogP contribution in [0.3, 0.4) is 0 Å². The molecule has 1 saturated heterocycles. The summed E-state index contributed by atoms with van der Waals surface area (Å²) < 4.78 is 6.06. The molecule has 2 rings (SSSR count). The predicted octanol–water partition coefficient (Wildman–Crippen LogP) is 2.71. The van der Waals surface area contributed by atoms with Crippen LogP contribution in [0.4, 0.5) is 0 Å². The summed E-state index contributed by atoms with van der Waals surface area (Å²) in [6.45, 7) is 4.04. The van der Waals surface area contributed by atoms with Crippen molar-refractivity contribution in [2.24, 2.45) is 17.6 Å². The van der Waals surface area contributed by atoms with E-state index in [1.807, 2.05) is 0 Å². The Morgan fingerprint density at radius 3 is 2.40 bits per heavy atom. The smallest absolute Gasteiger partial charge is 0.0723 e. The molecule has 1 saturated carbocycles. The van der Waals surface area contributed by atoms with Gasteiger partial charge in [0, 0.05) is 12.5 Å². The van der Waals surface area contributed by atoms with Crippen molar-refractivity contribution in [3.8, 4) is 0 Å². The molecule has 0 amide bonds. The molecule has 0 radical (unpaired) electrons. The normalized spacial score (nSPS) is 39.2. The van der Waals surface area contributed by atoms with Crippen LogP contribution < -0.4 is 5.73 Å². The third-order valence-corrected chi connectivity index (χ3v) is 4.64. The second-order valence-corrected chi connectivity index (χ2v) is 5.44. The molecule has 1 aliphatic carbocycles. The maximum absolute atomic E-state index is 6.06. The molecule has 2 aliphatic rings. The lowest BCUT2D eigenvalue weighted by Gasteiger charge is -2.37. The highest BCUT2D eigenvalue weighted by atomic mass is 16.5. The number of hydrogen-bond donors (Lipinski definition) is 1. The minimum Gasteiger partial charge on any atom is -0.375 e. The Morgan fingerprint density at radius 2 is 1.80 bits per heavy atom. The largest absolute Gasteiger partial charge is 0.375 e. The number of ether oxygens (including phenoxy) is 1. The number of nitrogens with two attached hydrogens (primary N) is 1. The third-order valence-electron chi connectivity index (χ3n) is 4.64. The van der Waals surface area contributed by atoms with Crippen molar-refractivity contribution in [1.82, 2.24) is 0 Å². The number of hydrogen-bond acceptors (Lipinski definition) is 2. The topological polar surface area (TPSA) is 35.2 Å². The van der Waals surface area contributed by atoms with Gasteiger partial charge in [0.2, 0.25) is 0 Å². The van der Waals surface area contributed by atoms with Crippen molar-refractivity contribution < 1.29 is 4.74 Å². The Morgan fingerprint density at radius 1 is 1.13 bits per heavy atom. The van der Waals surface area contributed by atoms with E-state index in [4.69, 9.17) is 10.5 Å². The molecule has 1 aliphatic heterocycles. The Balaban J connectivity index is 2.05. The summed E-state index contributed by atoms with van der Waals surface area (Å²) in [5.41, 5.74) is 5.97. The summed E-state index contributed by atoms with van der Waals surface area (Å²) in [6.07, 6.45) is 9.49. The van der Waals surface area contributed by atoms with Gasteiger partial charge in [0.15, 0.2) is 0 Å². The highest BCUT2D eigenvalue weighted by molar-refractivity contribution is 4.95. The van der Waals surface area contributed by atoms with E-state index >= 15 is 0 Å². The average Bonchev–Trinajstić information content (AvgIpc) is 2.49. The summed E-state index contributed by atoms with van der Waals surface area (Å²) in [5, 5.41) is 0. The lowest BCUT2D eigenvalue weighted by atomic mass is 9.75. The van der Waals surface area contributed by atoms with Crippen molar-refractivity contribution in [1.29, 1.82) is 0 Å². The van der Waals surface area contributed by atoms with E-state index in [2.05, 4.69) is 6.92 Å². The van der Waals surface area contributed by atoms with Gasteiger partial charge in [-0.15, -0.1) is 0 Å². The zero-order valence-electron chi connectivity index (χ0n) is 10.0. The Labute approximate surface area is 93.6 Å². The minimum atomic E-state index is 0.0963. The lowest BCUT2D eigenvalue weighted by molar-refractivity contribution is -0.0570. The molecule has 1 heterocycles. The van der Waals surface area contributed by atoms with Gasteiger partial charge in [-0.2, -0.15) is 0 Å². The molecule has 0 spiro atoms. The SMILES string of the molecule is CC1(C2CCCCCC2)OCCC1CN. The van der Waals surface area contributed by atoms with Crippen molar-refractivity contribution in [2.75, 3.05) is 13.2 Å². The van der Waals surface area contributed by atoms with Crippen LogP contribution in [0.15, 0.2) is 0 Å². The van der Waals surface area contributed by atoms with E-state index in [1.54, 1.807) is 0 Å². The van der Waals surface area contributed by atoms with E-state index in [1.165, 1.54) is 44.9 Å². The zero-order chi connectivity index (χ0) is 10.7. The maximum atomic E-state index is 6.06. The fourth-order valence-electron chi connectivity index (χ4n) is 3.48. The summed E-state index contributed by atoms with van der Waals surface area (Å²) in [7, 11) is 0.